The molecule has 3 amide bonds. The van der Waals surface area contributed by atoms with Crippen molar-refractivity contribution in [2.24, 2.45) is 5.73 Å². The summed E-state index contributed by atoms with van der Waals surface area (Å²) in [6, 6.07) is 0.115. The first-order valence-electron chi connectivity index (χ1n) is 4.96. The minimum Gasteiger partial charge on any atom is -0.345 e. The van der Waals surface area contributed by atoms with Gasteiger partial charge in [-0.1, -0.05) is 0 Å². The quantitative estimate of drug-likeness (QED) is 0.434. The van der Waals surface area contributed by atoms with Crippen molar-refractivity contribution in [1.82, 2.24) is 10.2 Å². The summed E-state index contributed by atoms with van der Waals surface area (Å²) in [5.41, 5.74) is 5.24. The third-order valence-corrected chi connectivity index (χ3v) is 2.10. The van der Waals surface area contributed by atoms with E-state index >= 15 is 0 Å². The van der Waals surface area contributed by atoms with E-state index in [1.165, 1.54) is 0 Å². The summed E-state index contributed by atoms with van der Waals surface area (Å²) in [5.74, 6) is -1.51. The number of carbonyl (C=O) groups excluding carboxylic acids is 3. The number of amides is 3. The van der Waals surface area contributed by atoms with Gasteiger partial charge in [0.25, 0.3) is 0 Å². The van der Waals surface area contributed by atoms with Crippen LogP contribution in [-0.2, 0) is 14.4 Å². The zero-order valence-electron chi connectivity index (χ0n) is 8.44. The van der Waals surface area contributed by atoms with E-state index in [1.54, 1.807) is 0 Å². The fraction of sp³-hybridized carbons (Fsp3) is 0.667. The topological polar surface area (TPSA) is 92.5 Å². The predicted molar refractivity (Wildman–Crippen MR) is 52.6 cm³/mol. The van der Waals surface area contributed by atoms with Crippen LogP contribution < -0.4 is 11.1 Å². The molecule has 0 aromatic carbocycles. The van der Waals surface area contributed by atoms with E-state index in [1.807, 2.05) is 0 Å². The first kappa shape index (κ1) is 11.6. The van der Waals surface area contributed by atoms with Crippen molar-refractivity contribution in [3.05, 3.63) is 0 Å². The highest BCUT2D eigenvalue weighted by Gasteiger charge is 2.28. The van der Waals surface area contributed by atoms with E-state index in [0.717, 1.165) is 17.7 Å². The highest BCUT2D eigenvalue weighted by atomic mass is 16.2. The highest BCUT2D eigenvalue weighted by molar-refractivity contribution is 6.36. The molecule has 1 fully saturated rings. The molecule has 6 nitrogen and oxygen atoms in total. The minimum absolute atomic E-state index is 0.115. The molecule has 0 heterocycles. The van der Waals surface area contributed by atoms with Crippen LogP contribution in [0.5, 0.6) is 0 Å². The fourth-order valence-electron chi connectivity index (χ4n) is 1.07. The average molecular weight is 213 g/mol. The van der Waals surface area contributed by atoms with Gasteiger partial charge in [-0.15, -0.1) is 0 Å². The van der Waals surface area contributed by atoms with Crippen LogP contribution in [0.25, 0.3) is 0 Å². The molecule has 0 spiro atoms. The van der Waals surface area contributed by atoms with Gasteiger partial charge in [0.05, 0.1) is 0 Å². The van der Waals surface area contributed by atoms with Crippen molar-refractivity contribution in [3.63, 3.8) is 0 Å². The van der Waals surface area contributed by atoms with Crippen LogP contribution in [0.4, 0.5) is 0 Å². The van der Waals surface area contributed by atoms with Gasteiger partial charge in [-0.3, -0.25) is 19.3 Å². The molecule has 0 atom stereocenters. The van der Waals surface area contributed by atoms with E-state index in [4.69, 9.17) is 5.73 Å². The van der Waals surface area contributed by atoms with Crippen molar-refractivity contribution in [1.29, 1.82) is 0 Å². The number of hydrogen-bond donors (Lipinski definition) is 2. The van der Waals surface area contributed by atoms with E-state index < -0.39 is 11.8 Å². The highest BCUT2D eigenvalue weighted by Crippen LogP contribution is 2.18. The molecular formula is C9H15N3O3. The van der Waals surface area contributed by atoms with Crippen LogP contribution in [0, 0.1) is 0 Å². The maximum Gasteiger partial charge on any atom is 0.318 e. The molecule has 1 saturated carbocycles. The van der Waals surface area contributed by atoms with Gasteiger partial charge < -0.3 is 11.1 Å². The second kappa shape index (κ2) is 5.45. The fourth-order valence-corrected chi connectivity index (χ4v) is 1.07. The summed E-state index contributed by atoms with van der Waals surface area (Å²) in [7, 11) is 0. The summed E-state index contributed by atoms with van der Waals surface area (Å²) in [4.78, 5) is 34.0. The van der Waals surface area contributed by atoms with Gasteiger partial charge in [0.1, 0.15) is 0 Å². The van der Waals surface area contributed by atoms with Crippen molar-refractivity contribution in [2.45, 2.75) is 25.3 Å². The Labute approximate surface area is 87.8 Å². The number of carbonyl (C=O) groups is 3. The largest absolute Gasteiger partial charge is 0.345 e. The molecule has 1 rings (SSSR count). The molecular weight excluding hydrogens is 198 g/mol. The van der Waals surface area contributed by atoms with Crippen molar-refractivity contribution in [2.75, 3.05) is 13.1 Å². The Morgan fingerprint density at radius 3 is 2.60 bits per heavy atom. The Morgan fingerprint density at radius 1 is 1.47 bits per heavy atom. The predicted octanol–water partition coefficient (Wildman–Crippen LogP) is -1.40. The first-order valence-corrected chi connectivity index (χ1v) is 4.96. The van der Waals surface area contributed by atoms with E-state index in [0.29, 0.717) is 19.4 Å². The molecule has 0 aliphatic heterocycles. The number of nitrogens with one attached hydrogen (secondary N) is 1. The first-order chi connectivity index (χ1) is 7.19. The van der Waals surface area contributed by atoms with Crippen LogP contribution in [0.15, 0.2) is 0 Å². The Morgan fingerprint density at radius 2 is 2.13 bits per heavy atom. The zero-order chi connectivity index (χ0) is 11.3. The number of nitrogens with zero attached hydrogens (tertiary/aromatic N) is 1. The van der Waals surface area contributed by atoms with Crippen LogP contribution in [0.3, 0.4) is 0 Å². The molecule has 0 bridgehead atoms. The van der Waals surface area contributed by atoms with Crippen LogP contribution >= 0.6 is 0 Å². The van der Waals surface area contributed by atoms with Gasteiger partial charge in [0, 0.05) is 12.6 Å². The number of nitrogens with two attached hydrogens (primary N) is 1. The lowest BCUT2D eigenvalue weighted by Gasteiger charge is -2.13. The monoisotopic (exact) mass is 213 g/mol. The third kappa shape index (κ3) is 3.67. The smallest absolute Gasteiger partial charge is 0.318 e. The Kier molecular flexibility index (Phi) is 4.23. The number of hydrogen-bond acceptors (Lipinski definition) is 4. The van der Waals surface area contributed by atoms with Gasteiger partial charge in [0.15, 0.2) is 0 Å². The normalized spacial score (nSPS) is 14.5. The molecule has 15 heavy (non-hydrogen) atoms. The molecule has 1 aliphatic rings. The Hall–Kier alpha value is -1.43. The third-order valence-electron chi connectivity index (χ3n) is 2.10. The summed E-state index contributed by atoms with van der Waals surface area (Å²) < 4.78 is 0. The summed E-state index contributed by atoms with van der Waals surface area (Å²) in [5, 5.41) is 2.52. The van der Waals surface area contributed by atoms with E-state index in [9.17, 15) is 14.4 Å². The lowest BCUT2D eigenvalue weighted by atomic mass is 10.3. The van der Waals surface area contributed by atoms with Crippen LogP contribution in [-0.4, -0.2) is 42.3 Å². The van der Waals surface area contributed by atoms with Gasteiger partial charge >= 0.3 is 11.8 Å². The maximum atomic E-state index is 11.4. The van der Waals surface area contributed by atoms with E-state index in [-0.39, 0.29) is 12.6 Å². The SMILES string of the molecule is NCCCN(C=O)C(=O)C(=O)NC1CC1. The molecule has 84 valence electrons. The van der Waals surface area contributed by atoms with Gasteiger partial charge in [0.2, 0.25) is 6.41 Å². The molecule has 0 saturated heterocycles. The summed E-state index contributed by atoms with van der Waals surface area (Å²) in [6.45, 7) is 0.568. The van der Waals surface area contributed by atoms with Crippen molar-refractivity contribution < 1.29 is 14.4 Å². The van der Waals surface area contributed by atoms with Crippen LogP contribution in [0.1, 0.15) is 19.3 Å². The van der Waals surface area contributed by atoms with Crippen molar-refractivity contribution in [3.8, 4) is 0 Å². The minimum atomic E-state index is -0.801. The molecule has 0 aromatic heterocycles. The second-order valence-electron chi connectivity index (χ2n) is 3.49. The Bertz CT molecular complexity index is 263. The van der Waals surface area contributed by atoms with Gasteiger partial charge in [-0.25, -0.2) is 0 Å². The molecule has 6 heteroatoms. The lowest BCUT2D eigenvalue weighted by Crippen LogP contribution is -2.43. The average Bonchev–Trinajstić information content (AvgIpc) is 3.02. The second-order valence-corrected chi connectivity index (χ2v) is 3.49. The maximum absolute atomic E-state index is 11.4. The summed E-state index contributed by atoms with van der Waals surface area (Å²) >= 11 is 0. The number of imide groups is 1. The Balaban J connectivity index is 2.39. The molecule has 3 N–H and O–H groups in total. The standard InChI is InChI=1S/C9H15N3O3/c10-4-1-5-12(6-13)9(15)8(14)11-7-2-3-7/h6-7H,1-5,10H2,(H,11,14). The van der Waals surface area contributed by atoms with Crippen LogP contribution in [0.2, 0.25) is 0 Å². The lowest BCUT2D eigenvalue weighted by molar-refractivity contribution is -0.148. The molecule has 0 unspecified atom stereocenters. The van der Waals surface area contributed by atoms with Gasteiger partial charge in [-0.05, 0) is 25.8 Å². The molecule has 0 aromatic rings. The zero-order valence-corrected chi connectivity index (χ0v) is 8.44. The van der Waals surface area contributed by atoms with E-state index in [2.05, 4.69) is 5.32 Å². The van der Waals surface area contributed by atoms with Crippen molar-refractivity contribution >= 4 is 18.2 Å². The van der Waals surface area contributed by atoms with Gasteiger partial charge in [-0.2, -0.15) is 0 Å². The summed E-state index contributed by atoms with van der Waals surface area (Å²) in [6.07, 6.45) is 2.68. The number of rotatable bonds is 5. The molecule has 1 aliphatic carbocycles. The molecule has 0 radical (unpaired) electrons.